The maximum atomic E-state index is 2.86. The lowest BCUT2D eigenvalue weighted by molar-refractivity contribution is -0.0216. The number of piperidine rings is 2. The van der Waals surface area contributed by atoms with E-state index in [1.807, 2.05) is 0 Å². The van der Waals surface area contributed by atoms with Crippen LogP contribution in [0.3, 0.4) is 0 Å². The Hall–Kier alpha value is -0.120. The second kappa shape index (κ2) is 7.54. The second-order valence-electron chi connectivity index (χ2n) is 13.0. The van der Waals surface area contributed by atoms with E-state index in [-0.39, 0.29) is 0 Å². The quantitative estimate of drug-likeness (QED) is 0.692. The molecule has 1 aliphatic carbocycles. The highest BCUT2D eigenvalue weighted by Gasteiger charge is 2.45. The monoisotopic (exact) mass is 389 g/mol. The van der Waals surface area contributed by atoms with Gasteiger partial charge in [0.05, 0.1) is 0 Å². The fourth-order valence-electron chi connectivity index (χ4n) is 7.24. The Bertz CT molecular complexity index is 531. The molecule has 28 heavy (non-hydrogen) atoms. The summed E-state index contributed by atoms with van der Waals surface area (Å²) in [4.78, 5) is 8.33. The fraction of sp³-hybridized carbons (Fsp3) is 1.00. The lowest BCUT2D eigenvalue weighted by Gasteiger charge is -2.51. The maximum Gasteiger partial charge on any atom is 0.0145 e. The van der Waals surface area contributed by atoms with E-state index >= 15 is 0 Å². The Kier molecular flexibility index (Phi) is 5.69. The van der Waals surface area contributed by atoms with E-state index in [0.717, 1.165) is 35.6 Å². The summed E-state index contributed by atoms with van der Waals surface area (Å²) in [6.45, 7) is 22.6. The Morgan fingerprint density at radius 1 is 0.786 bits per heavy atom. The van der Waals surface area contributed by atoms with E-state index in [0.29, 0.717) is 11.0 Å². The zero-order valence-corrected chi connectivity index (χ0v) is 19.9. The van der Waals surface area contributed by atoms with E-state index in [9.17, 15) is 0 Å². The topological polar surface area (TPSA) is 9.72 Å². The standard InChI is InChI=1S/C25H47N3/c1-24(2,3)22-11-19-15-27(16-20(19)12-22)14-18-10-21-17-28(25(4,5)6)9-8-23(21)26(7)13-18/h18-23H,8-17H2,1-7H3. The third kappa shape index (κ3) is 4.32. The van der Waals surface area contributed by atoms with E-state index in [1.165, 1.54) is 65.0 Å². The summed E-state index contributed by atoms with van der Waals surface area (Å²) >= 11 is 0. The smallest absolute Gasteiger partial charge is 0.0145 e. The summed E-state index contributed by atoms with van der Waals surface area (Å²) in [5.41, 5.74) is 0.836. The molecule has 3 nitrogen and oxygen atoms in total. The SMILES string of the molecule is CN1CC(CN2CC3CC(C(C)(C)C)CC3C2)CC2CN(C(C)(C)C)CCC21. The molecule has 4 aliphatic rings. The molecule has 1 saturated carbocycles. The maximum absolute atomic E-state index is 2.86. The lowest BCUT2D eigenvalue weighted by atomic mass is 9.78. The first-order chi connectivity index (χ1) is 13.0. The number of hydrogen-bond acceptors (Lipinski definition) is 3. The predicted molar refractivity (Wildman–Crippen MR) is 120 cm³/mol. The largest absolute Gasteiger partial charge is 0.303 e. The summed E-state index contributed by atoms with van der Waals surface area (Å²) < 4.78 is 0. The predicted octanol–water partition coefficient (Wildman–Crippen LogP) is 4.43. The van der Waals surface area contributed by atoms with E-state index in [1.54, 1.807) is 0 Å². The van der Waals surface area contributed by atoms with Gasteiger partial charge in [0.1, 0.15) is 0 Å². The van der Waals surface area contributed by atoms with Crippen molar-refractivity contribution in [2.75, 3.05) is 46.3 Å². The van der Waals surface area contributed by atoms with Gasteiger partial charge < -0.3 is 9.80 Å². The van der Waals surface area contributed by atoms with Crippen molar-refractivity contribution >= 4 is 0 Å². The minimum Gasteiger partial charge on any atom is -0.303 e. The molecule has 5 atom stereocenters. The molecule has 0 radical (unpaired) electrons. The highest BCUT2D eigenvalue weighted by atomic mass is 15.2. The first-order valence-corrected chi connectivity index (χ1v) is 12.2. The van der Waals surface area contributed by atoms with Gasteiger partial charge >= 0.3 is 0 Å². The Morgan fingerprint density at radius 3 is 2.00 bits per heavy atom. The van der Waals surface area contributed by atoms with Gasteiger partial charge in [0.25, 0.3) is 0 Å². The van der Waals surface area contributed by atoms with Crippen molar-refractivity contribution in [3.8, 4) is 0 Å². The summed E-state index contributed by atoms with van der Waals surface area (Å²) in [5, 5.41) is 0. The van der Waals surface area contributed by atoms with Crippen molar-refractivity contribution in [1.29, 1.82) is 0 Å². The van der Waals surface area contributed by atoms with Gasteiger partial charge in [-0.1, -0.05) is 20.8 Å². The van der Waals surface area contributed by atoms with Gasteiger partial charge in [-0.2, -0.15) is 0 Å². The van der Waals surface area contributed by atoms with Gasteiger partial charge in [-0.15, -0.1) is 0 Å². The second-order valence-corrected chi connectivity index (χ2v) is 13.0. The van der Waals surface area contributed by atoms with E-state index in [4.69, 9.17) is 0 Å². The van der Waals surface area contributed by atoms with Crippen LogP contribution in [0.25, 0.3) is 0 Å². The molecule has 3 aliphatic heterocycles. The summed E-state index contributed by atoms with van der Waals surface area (Å²) in [6, 6.07) is 0.834. The van der Waals surface area contributed by atoms with Gasteiger partial charge in [-0.25, -0.2) is 0 Å². The lowest BCUT2D eigenvalue weighted by Crippen LogP contribution is -2.59. The number of rotatable bonds is 2. The molecular formula is C25H47N3. The summed E-state index contributed by atoms with van der Waals surface area (Å²) in [7, 11) is 2.41. The first-order valence-electron chi connectivity index (χ1n) is 12.2. The van der Waals surface area contributed by atoms with Crippen LogP contribution < -0.4 is 0 Å². The third-order valence-electron chi connectivity index (χ3n) is 8.96. The molecule has 4 fully saturated rings. The van der Waals surface area contributed by atoms with Gasteiger partial charge in [0, 0.05) is 50.8 Å². The average Bonchev–Trinajstić information content (AvgIpc) is 3.11. The van der Waals surface area contributed by atoms with Gasteiger partial charge in [0.2, 0.25) is 0 Å². The molecule has 0 aromatic carbocycles. The van der Waals surface area contributed by atoms with Crippen molar-refractivity contribution in [2.45, 2.75) is 78.8 Å². The van der Waals surface area contributed by atoms with Crippen molar-refractivity contribution in [1.82, 2.24) is 14.7 Å². The molecule has 0 amide bonds. The normalized spacial score (nSPS) is 41.2. The first kappa shape index (κ1) is 21.1. The minimum atomic E-state index is 0.326. The number of nitrogens with zero attached hydrogens (tertiary/aromatic N) is 3. The molecule has 3 heterocycles. The van der Waals surface area contributed by atoms with Crippen LogP contribution in [-0.4, -0.2) is 72.6 Å². The zero-order valence-electron chi connectivity index (χ0n) is 19.9. The molecule has 0 bridgehead atoms. The van der Waals surface area contributed by atoms with Crippen LogP contribution in [0, 0.1) is 35.0 Å². The number of hydrogen-bond donors (Lipinski definition) is 0. The highest BCUT2D eigenvalue weighted by Crippen LogP contribution is 2.48. The Balaban J connectivity index is 1.31. The van der Waals surface area contributed by atoms with Crippen LogP contribution in [0.15, 0.2) is 0 Å². The van der Waals surface area contributed by atoms with Gasteiger partial charge in [0.15, 0.2) is 0 Å². The molecule has 5 unspecified atom stereocenters. The third-order valence-corrected chi connectivity index (χ3v) is 8.96. The molecule has 0 aromatic heterocycles. The summed E-state index contributed by atoms with van der Waals surface area (Å²) in [6.07, 6.45) is 5.80. The molecule has 3 saturated heterocycles. The molecule has 162 valence electrons. The van der Waals surface area contributed by atoms with Gasteiger partial charge in [-0.3, -0.25) is 4.90 Å². The molecule has 0 N–H and O–H groups in total. The number of fused-ring (bicyclic) bond motifs is 2. The molecule has 0 spiro atoms. The van der Waals surface area contributed by atoms with Crippen LogP contribution in [0.5, 0.6) is 0 Å². The van der Waals surface area contributed by atoms with Crippen LogP contribution in [0.1, 0.15) is 67.2 Å². The average molecular weight is 390 g/mol. The van der Waals surface area contributed by atoms with E-state index in [2.05, 4.69) is 63.3 Å². The highest BCUT2D eigenvalue weighted by molar-refractivity contribution is 4.98. The van der Waals surface area contributed by atoms with Crippen molar-refractivity contribution in [3.63, 3.8) is 0 Å². The number of likely N-dealkylation sites (tertiary alicyclic amines) is 3. The Labute approximate surface area is 175 Å². The van der Waals surface area contributed by atoms with Crippen molar-refractivity contribution in [2.24, 2.45) is 35.0 Å². The fourth-order valence-corrected chi connectivity index (χ4v) is 7.24. The zero-order chi connectivity index (χ0) is 20.3. The Morgan fingerprint density at radius 2 is 1.43 bits per heavy atom. The molecular weight excluding hydrogens is 342 g/mol. The molecule has 0 aromatic rings. The minimum absolute atomic E-state index is 0.326. The van der Waals surface area contributed by atoms with E-state index < -0.39 is 0 Å². The van der Waals surface area contributed by atoms with Crippen molar-refractivity contribution < 1.29 is 0 Å². The van der Waals surface area contributed by atoms with Crippen LogP contribution in [-0.2, 0) is 0 Å². The molecule has 3 heteroatoms. The summed E-state index contributed by atoms with van der Waals surface area (Å²) in [5.74, 6) is 4.69. The molecule has 4 rings (SSSR count). The van der Waals surface area contributed by atoms with Crippen LogP contribution >= 0.6 is 0 Å². The van der Waals surface area contributed by atoms with Crippen LogP contribution in [0.2, 0.25) is 0 Å². The van der Waals surface area contributed by atoms with Crippen molar-refractivity contribution in [3.05, 3.63) is 0 Å². The van der Waals surface area contributed by atoms with Crippen LogP contribution in [0.4, 0.5) is 0 Å². The van der Waals surface area contributed by atoms with Gasteiger partial charge in [-0.05, 0) is 88.5 Å².